The first kappa shape index (κ1) is 19.7. The molecule has 2 amide bonds. The molecule has 2 aromatic carbocycles. The van der Waals surface area contributed by atoms with Gasteiger partial charge in [0.15, 0.2) is 4.32 Å². The first-order chi connectivity index (χ1) is 14.1. The van der Waals surface area contributed by atoms with Gasteiger partial charge in [0.25, 0.3) is 11.8 Å². The summed E-state index contributed by atoms with van der Waals surface area (Å²) >= 11 is 6.68. The number of rotatable bonds is 5. The van der Waals surface area contributed by atoms with Crippen molar-refractivity contribution >= 4 is 57.1 Å². The second-order valence-electron chi connectivity index (χ2n) is 6.71. The number of nitrogens with zero attached hydrogens (tertiary/aromatic N) is 2. The maximum atomic E-state index is 13.4. The van der Waals surface area contributed by atoms with E-state index >= 15 is 0 Å². The Bertz CT molecular complexity index is 1050. The average molecular weight is 425 g/mol. The normalized spacial score (nSPS) is 18.6. The maximum Gasteiger partial charge on any atom is 0.271 e. The fourth-order valence-corrected chi connectivity index (χ4v) is 4.94. The van der Waals surface area contributed by atoms with Crippen LogP contribution in [0.15, 0.2) is 53.4 Å². The topological polar surface area (TPSA) is 49.9 Å². The Morgan fingerprint density at radius 2 is 1.69 bits per heavy atom. The van der Waals surface area contributed by atoms with Crippen LogP contribution in [-0.4, -0.2) is 29.8 Å². The van der Waals surface area contributed by atoms with E-state index in [2.05, 4.69) is 6.92 Å². The van der Waals surface area contributed by atoms with Crippen LogP contribution in [0, 0.1) is 0 Å². The van der Waals surface area contributed by atoms with Crippen molar-refractivity contribution in [1.29, 1.82) is 0 Å². The van der Waals surface area contributed by atoms with Gasteiger partial charge in [0.05, 0.1) is 29.0 Å². The second kappa shape index (κ2) is 8.00. The molecule has 1 saturated heterocycles. The molecule has 0 aromatic heterocycles. The predicted molar refractivity (Wildman–Crippen MR) is 121 cm³/mol. The lowest BCUT2D eigenvalue weighted by molar-refractivity contribution is -0.115. The van der Waals surface area contributed by atoms with Crippen molar-refractivity contribution in [2.75, 3.05) is 23.5 Å². The Balaban J connectivity index is 1.81. The minimum absolute atomic E-state index is 0.139. The molecular weight excluding hydrogens is 404 g/mol. The zero-order valence-electron chi connectivity index (χ0n) is 16.2. The van der Waals surface area contributed by atoms with Gasteiger partial charge in [0.1, 0.15) is 5.75 Å². The SMILES string of the molecule is CCCCN1C(=O)C(=C2SC(=S)N(c3ccccc3OC)C2=O)c2ccccc21. The smallest absolute Gasteiger partial charge is 0.271 e. The molecule has 0 unspecified atom stereocenters. The number of hydrogen-bond donors (Lipinski definition) is 0. The van der Waals surface area contributed by atoms with Crippen LogP contribution in [0.5, 0.6) is 5.75 Å². The third kappa shape index (κ3) is 3.24. The fraction of sp³-hybridized carbons (Fsp3) is 0.227. The van der Waals surface area contributed by atoms with Crippen molar-refractivity contribution in [2.45, 2.75) is 19.8 Å². The second-order valence-corrected chi connectivity index (χ2v) is 8.36. The lowest BCUT2D eigenvalue weighted by atomic mass is 10.1. The van der Waals surface area contributed by atoms with E-state index in [-0.39, 0.29) is 11.8 Å². The molecule has 2 aromatic rings. The van der Waals surface area contributed by atoms with Crippen molar-refractivity contribution in [3.8, 4) is 5.75 Å². The molecule has 148 valence electrons. The third-order valence-electron chi connectivity index (χ3n) is 4.98. The molecule has 29 heavy (non-hydrogen) atoms. The summed E-state index contributed by atoms with van der Waals surface area (Å²) in [5.41, 5.74) is 2.65. The molecule has 0 saturated carbocycles. The van der Waals surface area contributed by atoms with Gasteiger partial charge < -0.3 is 9.64 Å². The van der Waals surface area contributed by atoms with Crippen LogP contribution in [0.4, 0.5) is 11.4 Å². The van der Waals surface area contributed by atoms with Crippen molar-refractivity contribution < 1.29 is 14.3 Å². The summed E-state index contributed by atoms with van der Waals surface area (Å²) < 4.78 is 5.79. The Morgan fingerprint density at radius 3 is 2.41 bits per heavy atom. The zero-order valence-corrected chi connectivity index (χ0v) is 17.8. The predicted octanol–water partition coefficient (Wildman–Crippen LogP) is 4.62. The van der Waals surface area contributed by atoms with E-state index in [1.165, 1.54) is 16.7 Å². The highest BCUT2D eigenvalue weighted by atomic mass is 32.2. The number of anilines is 2. The standard InChI is InChI=1S/C22H20N2O3S2/c1-3-4-13-23-15-10-6-5-9-14(15)18(20(23)25)19-21(26)24(22(28)29-19)16-11-7-8-12-17(16)27-2/h5-12H,3-4,13H2,1-2H3. The van der Waals surface area contributed by atoms with Crippen LogP contribution in [0.1, 0.15) is 25.3 Å². The van der Waals surface area contributed by atoms with Crippen LogP contribution in [0.25, 0.3) is 5.57 Å². The number of hydrogen-bond acceptors (Lipinski definition) is 5. The van der Waals surface area contributed by atoms with Crippen LogP contribution < -0.4 is 14.5 Å². The maximum absolute atomic E-state index is 13.4. The highest BCUT2D eigenvalue weighted by molar-refractivity contribution is 8.27. The molecule has 0 N–H and O–H groups in total. The van der Waals surface area contributed by atoms with Gasteiger partial charge in [-0.25, -0.2) is 0 Å². The molecule has 2 aliphatic rings. The molecular formula is C22H20N2O3S2. The Morgan fingerprint density at radius 1 is 1.00 bits per heavy atom. The van der Waals surface area contributed by atoms with E-state index in [1.807, 2.05) is 36.4 Å². The minimum Gasteiger partial charge on any atom is -0.495 e. The molecule has 0 bridgehead atoms. The van der Waals surface area contributed by atoms with Crippen molar-refractivity contribution in [1.82, 2.24) is 0 Å². The number of methoxy groups -OCH3 is 1. The van der Waals surface area contributed by atoms with Crippen LogP contribution in [-0.2, 0) is 9.59 Å². The van der Waals surface area contributed by atoms with E-state index in [0.717, 1.165) is 24.1 Å². The fourth-order valence-electron chi connectivity index (χ4n) is 3.58. The summed E-state index contributed by atoms with van der Waals surface area (Å²) in [6.07, 6.45) is 1.88. The molecule has 2 heterocycles. The first-order valence-electron chi connectivity index (χ1n) is 9.43. The summed E-state index contributed by atoms with van der Waals surface area (Å²) in [6.45, 7) is 2.72. The third-order valence-corrected chi connectivity index (χ3v) is 6.35. The number of benzene rings is 2. The van der Waals surface area contributed by atoms with E-state index in [1.54, 1.807) is 24.1 Å². The van der Waals surface area contributed by atoms with Crippen LogP contribution >= 0.6 is 24.0 Å². The molecule has 5 nitrogen and oxygen atoms in total. The summed E-state index contributed by atoms with van der Waals surface area (Å²) in [7, 11) is 1.55. The largest absolute Gasteiger partial charge is 0.495 e. The molecule has 1 fully saturated rings. The van der Waals surface area contributed by atoms with Gasteiger partial charge in [-0.3, -0.25) is 14.5 Å². The monoisotopic (exact) mass is 424 g/mol. The number of para-hydroxylation sites is 3. The Labute approximate surface area is 179 Å². The van der Waals surface area contributed by atoms with Gasteiger partial charge in [0.2, 0.25) is 0 Å². The number of thioether (sulfide) groups is 1. The minimum atomic E-state index is -0.292. The summed E-state index contributed by atoms with van der Waals surface area (Å²) in [6, 6.07) is 14.8. The zero-order chi connectivity index (χ0) is 20.5. The number of thiocarbonyl (C=S) groups is 1. The molecule has 0 spiro atoms. The number of ether oxygens (including phenoxy) is 1. The first-order valence-corrected chi connectivity index (χ1v) is 10.7. The number of amides is 2. The van der Waals surface area contributed by atoms with Gasteiger partial charge in [-0.1, -0.05) is 67.7 Å². The number of fused-ring (bicyclic) bond motifs is 1. The van der Waals surface area contributed by atoms with E-state index < -0.39 is 0 Å². The summed E-state index contributed by atoms with van der Waals surface area (Å²) in [5, 5.41) is 0. The Hall–Kier alpha value is -2.64. The highest BCUT2D eigenvalue weighted by Crippen LogP contribution is 2.46. The van der Waals surface area contributed by atoms with Crippen molar-refractivity contribution in [3.05, 3.63) is 59.0 Å². The number of carbonyl (C=O) groups excluding carboxylic acids is 2. The summed E-state index contributed by atoms with van der Waals surface area (Å²) in [4.78, 5) is 30.3. The van der Waals surface area contributed by atoms with Crippen molar-refractivity contribution in [3.63, 3.8) is 0 Å². The lowest BCUT2D eigenvalue weighted by Gasteiger charge is -2.17. The van der Waals surface area contributed by atoms with Gasteiger partial charge in [-0.2, -0.15) is 0 Å². The molecule has 0 atom stereocenters. The molecule has 0 radical (unpaired) electrons. The highest BCUT2D eigenvalue weighted by Gasteiger charge is 2.42. The molecule has 4 rings (SSSR count). The lowest BCUT2D eigenvalue weighted by Crippen LogP contribution is -2.30. The van der Waals surface area contributed by atoms with Crippen LogP contribution in [0.3, 0.4) is 0 Å². The van der Waals surface area contributed by atoms with E-state index in [9.17, 15) is 9.59 Å². The van der Waals surface area contributed by atoms with Crippen molar-refractivity contribution in [2.24, 2.45) is 0 Å². The summed E-state index contributed by atoms with van der Waals surface area (Å²) in [5.74, 6) is 0.123. The van der Waals surface area contributed by atoms with Gasteiger partial charge >= 0.3 is 0 Å². The number of unbranched alkanes of at least 4 members (excludes halogenated alkanes) is 1. The van der Waals surface area contributed by atoms with Gasteiger partial charge in [-0.15, -0.1) is 0 Å². The average Bonchev–Trinajstić information content (AvgIpc) is 3.18. The van der Waals surface area contributed by atoms with E-state index in [4.69, 9.17) is 17.0 Å². The number of carbonyl (C=O) groups is 2. The quantitative estimate of drug-likeness (QED) is 0.518. The molecule has 7 heteroatoms. The Kier molecular flexibility index (Phi) is 5.43. The molecule has 0 aliphatic carbocycles. The van der Waals surface area contributed by atoms with Gasteiger partial charge in [0, 0.05) is 12.1 Å². The van der Waals surface area contributed by atoms with Gasteiger partial charge in [-0.05, 0) is 24.6 Å². The van der Waals surface area contributed by atoms with Crippen LogP contribution in [0.2, 0.25) is 0 Å². The van der Waals surface area contributed by atoms with E-state index in [0.29, 0.717) is 32.8 Å². The molecule has 2 aliphatic heterocycles.